The molecule has 0 saturated heterocycles. The normalized spacial score (nSPS) is 27.2. The van der Waals surface area contributed by atoms with Crippen LogP contribution in [0.4, 0.5) is 0 Å². The Morgan fingerprint density at radius 2 is 1.92 bits per heavy atom. The average molecular weight is 387 g/mol. The van der Waals surface area contributed by atoms with Crippen molar-refractivity contribution < 1.29 is 0 Å². The van der Waals surface area contributed by atoms with Crippen molar-refractivity contribution in [1.29, 1.82) is 21.2 Å². The maximum Gasteiger partial charge on any atom is 0.189 e. The van der Waals surface area contributed by atoms with Crippen LogP contribution in [0, 0.1) is 56.7 Å². The number of allylic oxidation sites excluding steroid dienone is 1. The van der Waals surface area contributed by atoms with Crippen LogP contribution >= 0.6 is 35.0 Å². The Morgan fingerprint density at radius 3 is 2.56 bits per heavy atom. The largest absolute Gasteiger partial charge is 0.305 e. The molecule has 3 atom stereocenters. The van der Waals surface area contributed by atoms with Gasteiger partial charge in [-0.1, -0.05) is 41.4 Å². The van der Waals surface area contributed by atoms with Gasteiger partial charge >= 0.3 is 0 Å². The summed E-state index contributed by atoms with van der Waals surface area (Å²) in [5.41, 5.74) is -0.519. The molecule has 1 heterocycles. The van der Waals surface area contributed by atoms with E-state index in [4.69, 9.17) is 28.6 Å². The highest BCUT2D eigenvalue weighted by Gasteiger charge is 2.57. The molecule has 1 aliphatic carbocycles. The molecular weight excluding hydrogens is 375 g/mol. The van der Waals surface area contributed by atoms with E-state index >= 15 is 0 Å². The highest BCUT2D eigenvalue weighted by molar-refractivity contribution is 7.99. The van der Waals surface area contributed by atoms with Crippen molar-refractivity contribution >= 4 is 40.7 Å². The molecule has 0 radical (unpaired) electrons. The van der Waals surface area contributed by atoms with Crippen LogP contribution in [0.15, 0.2) is 29.8 Å². The fraction of sp³-hybridized carbons (Fsp3) is 0.333. The number of benzene rings is 1. The van der Waals surface area contributed by atoms with E-state index in [0.717, 1.165) is 11.3 Å². The standard InChI is InChI=1S/C18H12Cl2N4S/c19-14-3-1-2-11(16(14)20)15-13-7-25-5-4-10(13)12(6-21)17(24)18(15,8-22)9-23/h1-4,12-13,15,24H,5,7H2/t12-,13+,15-/m1/s1. The molecule has 25 heavy (non-hydrogen) atoms. The first-order chi connectivity index (χ1) is 12.0. The molecule has 1 saturated carbocycles. The molecule has 1 N–H and O–H groups in total. The van der Waals surface area contributed by atoms with E-state index in [1.165, 1.54) is 0 Å². The van der Waals surface area contributed by atoms with Gasteiger partial charge in [0.05, 0.1) is 34.0 Å². The Kier molecular flexibility index (Phi) is 4.81. The molecule has 7 heteroatoms. The summed E-state index contributed by atoms with van der Waals surface area (Å²) in [7, 11) is 0. The monoisotopic (exact) mass is 386 g/mol. The van der Waals surface area contributed by atoms with Crippen LogP contribution < -0.4 is 0 Å². The number of hydrogen-bond acceptors (Lipinski definition) is 5. The van der Waals surface area contributed by atoms with E-state index in [1.807, 2.05) is 18.2 Å². The van der Waals surface area contributed by atoms with Gasteiger partial charge in [0.2, 0.25) is 0 Å². The number of nitrogens with zero attached hydrogens (tertiary/aromatic N) is 3. The van der Waals surface area contributed by atoms with Crippen molar-refractivity contribution in [2.45, 2.75) is 5.92 Å². The van der Waals surface area contributed by atoms with Crippen molar-refractivity contribution in [2.24, 2.45) is 17.3 Å². The van der Waals surface area contributed by atoms with E-state index in [1.54, 1.807) is 30.0 Å². The first kappa shape index (κ1) is 17.8. The van der Waals surface area contributed by atoms with Gasteiger partial charge in [-0.15, -0.1) is 0 Å². The van der Waals surface area contributed by atoms with Gasteiger partial charge in [0.15, 0.2) is 5.41 Å². The Balaban J connectivity index is 2.32. The minimum absolute atomic E-state index is 0.171. The lowest BCUT2D eigenvalue weighted by atomic mass is 9.55. The number of fused-ring (bicyclic) bond motifs is 1. The van der Waals surface area contributed by atoms with Crippen molar-refractivity contribution in [2.75, 3.05) is 11.5 Å². The minimum atomic E-state index is -1.74. The third kappa shape index (κ3) is 2.54. The summed E-state index contributed by atoms with van der Waals surface area (Å²) < 4.78 is 0. The maximum atomic E-state index is 9.88. The fourth-order valence-electron chi connectivity index (χ4n) is 3.72. The highest BCUT2D eigenvalue weighted by Crippen LogP contribution is 2.55. The topological polar surface area (TPSA) is 95.2 Å². The zero-order chi connectivity index (χ0) is 18.2. The molecule has 1 aliphatic heterocycles. The van der Waals surface area contributed by atoms with Crippen molar-refractivity contribution in [3.8, 4) is 18.2 Å². The lowest BCUT2D eigenvalue weighted by Gasteiger charge is -2.45. The van der Waals surface area contributed by atoms with Gasteiger partial charge in [-0.2, -0.15) is 27.5 Å². The molecular formula is C18H12Cl2N4S. The first-order valence-electron chi connectivity index (χ1n) is 7.54. The van der Waals surface area contributed by atoms with Gasteiger partial charge in [0.1, 0.15) is 5.92 Å². The average Bonchev–Trinajstić information content (AvgIpc) is 2.64. The molecule has 0 unspecified atom stereocenters. The van der Waals surface area contributed by atoms with E-state index in [0.29, 0.717) is 21.4 Å². The van der Waals surface area contributed by atoms with Crippen LogP contribution in [0.1, 0.15) is 11.5 Å². The predicted octanol–water partition coefficient (Wildman–Crippen LogP) is 4.57. The first-order valence-corrected chi connectivity index (χ1v) is 9.45. The summed E-state index contributed by atoms with van der Waals surface area (Å²) in [4.78, 5) is 0. The summed E-state index contributed by atoms with van der Waals surface area (Å²) >= 11 is 14.2. The summed E-state index contributed by atoms with van der Waals surface area (Å²) in [5, 5.41) is 38.5. The number of thioether (sulfide) groups is 1. The Morgan fingerprint density at radius 1 is 1.20 bits per heavy atom. The second-order valence-electron chi connectivity index (χ2n) is 5.98. The summed E-state index contributed by atoms with van der Waals surface area (Å²) in [6, 6.07) is 11.3. The maximum absolute atomic E-state index is 9.88. The molecule has 1 aromatic rings. The third-order valence-electron chi connectivity index (χ3n) is 4.88. The van der Waals surface area contributed by atoms with Gasteiger partial charge in [-0.05, 0) is 17.2 Å². The lowest BCUT2D eigenvalue weighted by Crippen LogP contribution is -2.49. The molecule has 124 valence electrons. The zero-order valence-electron chi connectivity index (χ0n) is 13.0. The Bertz CT molecular complexity index is 889. The highest BCUT2D eigenvalue weighted by atomic mass is 35.5. The zero-order valence-corrected chi connectivity index (χ0v) is 15.3. The van der Waals surface area contributed by atoms with Crippen LogP contribution in [-0.2, 0) is 0 Å². The molecule has 0 spiro atoms. The Hall–Kier alpha value is -1.97. The smallest absolute Gasteiger partial charge is 0.189 e. The molecule has 4 nitrogen and oxygen atoms in total. The number of nitriles is 3. The van der Waals surface area contributed by atoms with Gasteiger partial charge < -0.3 is 5.41 Å². The molecule has 0 bridgehead atoms. The van der Waals surface area contributed by atoms with E-state index in [-0.39, 0.29) is 11.6 Å². The van der Waals surface area contributed by atoms with Crippen LogP contribution in [0.3, 0.4) is 0 Å². The SMILES string of the molecule is N#C[C@H]1C(=N)C(C#N)(C#N)[C@H](c2cccc(Cl)c2Cl)[C@H]2CSCC=C12. The van der Waals surface area contributed by atoms with Crippen LogP contribution in [0.2, 0.25) is 10.0 Å². The van der Waals surface area contributed by atoms with Crippen molar-refractivity contribution in [3.05, 3.63) is 45.5 Å². The minimum Gasteiger partial charge on any atom is -0.305 e. The number of hydrogen-bond donors (Lipinski definition) is 1. The molecule has 3 rings (SSSR count). The van der Waals surface area contributed by atoms with E-state index in [2.05, 4.69) is 6.07 Å². The van der Waals surface area contributed by atoms with Crippen LogP contribution in [-0.4, -0.2) is 17.2 Å². The second kappa shape index (κ2) is 6.74. The summed E-state index contributed by atoms with van der Waals surface area (Å²) in [5.74, 6) is -0.285. The van der Waals surface area contributed by atoms with Gasteiger partial charge in [-0.25, -0.2) is 0 Å². The summed E-state index contributed by atoms with van der Waals surface area (Å²) in [6.45, 7) is 0. The number of rotatable bonds is 1. The van der Waals surface area contributed by atoms with Crippen molar-refractivity contribution in [3.63, 3.8) is 0 Å². The Labute approximate surface area is 160 Å². The van der Waals surface area contributed by atoms with Gasteiger partial charge in [0.25, 0.3) is 0 Å². The second-order valence-corrected chi connectivity index (χ2v) is 7.84. The molecule has 2 aliphatic rings. The lowest BCUT2D eigenvalue weighted by molar-refractivity contribution is 0.378. The van der Waals surface area contributed by atoms with Crippen molar-refractivity contribution in [1.82, 2.24) is 0 Å². The van der Waals surface area contributed by atoms with E-state index < -0.39 is 17.3 Å². The molecule has 0 amide bonds. The molecule has 0 aromatic heterocycles. The molecule has 1 aromatic carbocycles. The number of halogens is 2. The fourth-order valence-corrected chi connectivity index (χ4v) is 5.23. The number of nitrogens with one attached hydrogen (secondary N) is 1. The van der Waals surface area contributed by atoms with Crippen LogP contribution in [0.25, 0.3) is 0 Å². The van der Waals surface area contributed by atoms with Gasteiger partial charge in [0, 0.05) is 23.3 Å². The third-order valence-corrected chi connectivity index (χ3v) is 6.71. The van der Waals surface area contributed by atoms with Gasteiger partial charge in [-0.3, -0.25) is 0 Å². The van der Waals surface area contributed by atoms with E-state index in [9.17, 15) is 15.8 Å². The predicted molar refractivity (Wildman–Crippen MR) is 98.6 cm³/mol. The quantitative estimate of drug-likeness (QED) is 0.714. The molecule has 1 fully saturated rings. The van der Waals surface area contributed by atoms with Crippen LogP contribution in [0.5, 0.6) is 0 Å². The summed E-state index contributed by atoms with van der Waals surface area (Å²) in [6.07, 6.45) is 1.95.